The highest BCUT2D eigenvalue weighted by Gasteiger charge is 2.13. The molecular weight excluding hydrogens is 248 g/mol. The summed E-state index contributed by atoms with van der Waals surface area (Å²) in [6, 6.07) is 7.64. The van der Waals surface area contributed by atoms with E-state index in [2.05, 4.69) is 10.3 Å². The van der Waals surface area contributed by atoms with E-state index in [4.69, 9.17) is 18.0 Å². The standard InChI is InChI=1S/C12H14N4OS/c1-14-12(17)7-16-9-5-3-2-4-8(9)15-11(16)6-10(13)18/h2-5H,6-7H2,1H3,(H2,13,18)(H,14,17). The van der Waals surface area contributed by atoms with Gasteiger partial charge >= 0.3 is 0 Å². The van der Waals surface area contributed by atoms with Gasteiger partial charge in [0.15, 0.2) is 0 Å². The molecular formula is C12H14N4OS. The molecule has 0 bridgehead atoms. The number of imidazole rings is 1. The summed E-state index contributed by atoms with van der Waals surface area (Å²) in [6.45, 7) is 0.217. The summed E-state index contributed by atoms with van der Waals surface area (Å²) in [6.07, 6.45) is 0.390. The van der Waals surface area contributed by atoms with Crippen molar-refractivity contribution in [2.75, 3.05) is 7.05 Å². The number of aromatic nitrogens is 2. The van der Waals surface area contributed by atoms with Crippen LogP contribution in [0.3, 0.4) is 0 Å². The molecule has 0 radical (unpaired) electrons. The summed E-state index contributed by atoms with van der Waals surface area (Å²) in [5, 5.41) is 2.60. The zero-order valence-corrected chi connectivity index (χ0v) is 10.8. The van der Waals surface area contributed by atoms with Gasteiger partial charge in [-0.15, -0.1) is 0 Å². The van der Waals surface area contributed by atoms with Crippen molar-refractivity contribution in [1.29, 1.82) is 0 Å². The van der Waals surface area contributed by atoms with Crippen molar-refractivity contribution in [3.63, 3.8) is 0 Å². The summed E-state index contributed by atoms with van der Waals surface area (Å²) >= 11 is 4.91. The van der Waals surface area contributed by atoms with Gasteiger partial charge in [0.25, 0.3) is 0 Å². The molecule has 0 aliphatic heterocycles. The number of benzene rings is 1. The quantitative estimate of drug-likeness (QED) is 0.792. The predicted molar refractivity (Wildman–Crippen MR) is 74.3 cm³/mol. The van der Waals surface area contributed by atoms with E-state index in [1.807, 2.05) is 28.8 Å². The summed E-state index contributed by atoms with van der Waals surface area (Å²) in [7, 11) is 1.61. The first kappa shape index (κ1) is 12.5. The third-order valence-corrected chi connectivity index (χ3v) is 2.79. The van der Waals surface area contributed by atoms with Gasteiger partial charge in [-0.3, -0.25) is 4.79 Å². The van der Waals surface area contributed by atoms with Crippen LogP contribution in [0.25, 0.3) is 11.0 Å². The number of nitrogens with two attached hydrogens (primary N) is 1. The summed E-state index contributed by atoms with van der Waals surface area (Å²) in [5.74, 6) is 0.634. The fourth-order valence-corrected chi connectivity index (χ4v) is 1.94. The first-order valence-electron chi connectivity index (χ1n) is 5.55. The molecule has 0 saturated heterocycles. The molecule has 1 aromatic carbocycles. The molecule has 0 aliphatic carbocycles. The number of likely N-dealkylation sites (N-methyl/N-ethyl adjacent to an activating group) is 1. The number of nitrogens with one attached hydrogen (secondary N) is 1. The maximum absolute atomic E-state index is 11.5. The number of hydrogen-bond acceptors (Lipinski definition) is 3. The van der Waals surface area contributed by atoms with Crippen molar-refractivity contribution in [3.8, 4) is 0 Å². The summed E-state index contributed by atoms with van der Waals surface area (Å²) in [4.78, 5) is 16.4. The Kier molecular flexibility index (Phi) is 3.57. The third kappa shape index (κ3) is 2.48. The lowest BCUT2D eigenvalue weighted by atomic mass is 10.3. The molecule has 0 saturated carbocycles. The van der Waals surface area contributed by atoms with E-state index < -0.39 is 0 Å². The molecule has 0 aliphatic rings. The zero-order chi connectivity index (χ0) is 13.1. The van der Waals surface area contributed by atoms with Crippen LogP contribution in [0.5, 0.6) is 0 Å². The van der Waals surface area contributed by atoms with Gasteiger partial charge in [0.1, 0.15) is 12.4 Å². The largest absolute Gasteiger partial charge is 0.393 e. The van der Waals surface area contributed by atoms with Crippen molar-refractivity contribution in [2.24, 2.45) is 5.73 Å². The van der Waals surface area contributed by atoms with Crippen molar-refractivity contribution in [3.05, 3.63) is 30.1 Å². The molecule has 94 valence electrons. The Bertz CT molecular complexity index is 605. The number of rotatable bonds is 4. The van der Waals surface area contributed by atoms with Gasteiger partial charge in [0.05, 0.1) is 22.4 Å². The Hall–Kier alpha value is -1.95. The average Bonchev–Trinajstić information content (AvgIpc) is 2.66. The van der Waals surface area contributed by atoms with Gasteiger partial charge in [0, 0.05) is 7.05 Å². The highest BCUT2D eigenvalue weighted by molar-refractivity contribution is 7.80. The lowest BCUT2D eigenvalue weighted by molar-refractivity contribution is -0.121. The minimum Gasteiger partial charge on any atom is -0.393 e. The van der Waals surface area contributed by atoms with Gasteiger partial charge in [-0.1, -0.05) is 24.4 Å². The Morgan fingerprint density at radius 2 is 2.22 bits per heavy atom. The molecule has 0 fully saturated rings. The van der Waals surface area contributed by atoms with Crippen LogP contribution in [-0.4, -0.2) is 27.5 Å². The number of carbonyl (C=O) groups is 1. The highest BCUT2D eigenvalue weighted by Crippen LogP contribution is 2.16. The van der Waals surface area contributed by atoms with E-state index in [0.29, 0.717) is 17.2 Å². The van der Waals surface area contributed by atoms with E-state index in [1.165, 1.54) is 0 Å². The first-order valence-corrected chi connectivity index (χ1v) is 5.95. The second kappa shape index (κ2) is 5.14. The van der Waals surface area contributed by atoms with Gasteiger partial charge in [-0.25, -0.2) is 4.98 Å². The van der Waals surface area contributed by atoms with Gasteiger partial charge in [-0.05, 0) is 12.1 Å². The summed E-state index contributed by atoms with van der Waals surface area (Å²) < 4.78 is 1.84. The van der Waals surface area contributed by atoms with Crippen molar-refractivity contribution in [1.82, 2.24) is 14.9 Å². The van der Waals surface area contributed by atoms with Gasteiger partial charge in [-0.2, -0.15) is 0 Å². The van der Waals surface area contributed by atoms with E-state index in [9.17, 15) is 4.79 Å². The zero-order valence-electron chi connectivity index (χ0n) is 10.0. The van der Waals surface area contributed by atoms with Crippen LogP contribution in [0.4, 0.5) is 0 Å². The molecule has 3 N–H and O–H groups in total. The Morgan fingerprint density at radius 3 is 2.89 bits per heavy atom. The maximum Gasteiger partial charge on any atom is 0.239 e. The number of fused-ring (bicyclic) bond motifs is 1. The van der Waals surface area contributed by atoms with E-state index in [-0.39, 0.29) is 12.5 Å². The number of amides is 1. The second-order valence-electron chi connectivity index (χ2n) is 3.92. The molecule has 0 atom stereocenters. The van der Waals surface area contributed by atoms with Crippen LogP contribution >= 0.6 is 12.2 Å². The molecule has 0 unspecified atom stereocenters. The molecule has 5 nitrogen and oxygen atoms in total. The van der Waals surface area contributed by atoms with Crippen LogP contribution in [0.2, 0.25) is 0 Å². The fourth-order valence-electron chi connectivity index (χ4n) is 1.82. The molecule has 0 spiro atoms. The number of nitrogens with zero attached hydrogens (tertiary/aromatic N) is 2. The average molecular weight is 262 g/mol. The smallest absolute Gasteiger partial charge is 0.239 e. The minimum atomic E-state index is -0.0812. The summed E-state index contributed by atoms with van der Waals surface area (Å²) in [5.41, 5.74) is 7.31. The lowest BCUT2D eigenvalue weighted by Gasteiger charge is -2.07. The molecule has 6 heteroatoms. The number of hydrogen-bond donors (Lipinski definition) is 2. The lowest BCUT2D eigenvalue weighted by Crippen LogP contribution is -2.25. The van der Waals surface area contributed by atoms with E-state index in [0.717, 1.165) is 11.0 Å². The van der Waals surface area contributed by atoms with Crippen molar-refractivity contribution >= 4 is 34.1 Å². The highest BCUT2D eigenvalue weighted by atomic mass is 32.1. The van der Waals surface area contributed by atoms with Crippen molar-refractivity contribution < 1.29 is 4.79 Å². The second-order valence-corrected chi connectivity index (χ2v) is 4.44. The predicted octanol–water partition coefficient (Wildman–Crippen LogP) is 0.611. The Balaban J connectivity index is 2.50. The van der Waals surface area contributed by atoms with Gasteiger partial charge < -0.3 is 15.6 Å². The number of carbonyl (C=O) groups excluding carboxylic acids is 1. The topological polar surface area (TPSA) is 72.9 Å². The fraction of sp³-hybridized carbons (Fsp3) is 0.250. The number of para-hydroxylation sites is 2. The molecule has 2 rings (SSSR count). The van der Waals surface area contributed by atoms with Crippen LogP contribution < -0.4 is 11.1 Å². The van der Waals surface area contributed by atoms with Crippen LogP contribution in [0, 0.1) is 0 Å². The monoisotopic (exact) mass is 262 g/mol. The maximum atomic E-state index is 11.5. The van der Waals surface area contributed by atoms with Crippen molar-refractivity contribution in [2.45, 2.75) is 13.0 Å². The molecule has 1 heterocycles. The Morgan fingerprint density at radius 1 is 1.50 bits per heavy atom. The molecule has 18 heavy (non-hydrogen) atoms. The minimum absolute atomic E-state index is 0.0812. The Labute approximate surface area is 110 Å². The molecule has 2 aromatic rings. The van der Waals surface area contributed by atoms with Crippen LogP contribution in [0.1, 0.15) is 5.82 Å². The van der Waals surface area contributed by atoms with E-state index >= 15 is 0 Å². The number of thiocarbonyl (C=S) groups is 1. The SMILES string of the molecule is CNC(=O)Cn1c(CC(N)=S)nc2ccccc21. The van der Waals surface area contributed by atoms with Crippen LogP contribution in [0.15, 0.2) is 24.3 Å². The normalized spacial score (nSPS) is 10.5. The molecule has 1 aromatic heterocycles. The first-order chi connectivity index (χ1) is 8.61. The van der Waals surface area contributed by atoms with E-state index in [1.54, 1.807) is 7.05 Å². The van der Waals surface area contributed by atoms with Gasteiger partial charge in [0.2, 0.25) is 5.91 Å². The third-order valence-electron chi connectivity index (χ3n) is 2.65. The van der Waals surface area contributed by atoms with Crippen LogP contribution in [-0.2, 0) is 17.8 Å². The molecule has 1 amide bonds.